The summed E-state index contributed by atoms with van der Waals surface area (Å²) in [6, 6.07) is 6.01. The Kier molecular flexibility index (Phi) is 5.68. The monoisotopic (exact) mass is 293 g/mol. The van der Waals surface area contributed by atoms with Gasteiger partial charge in [-0.3, -0.25) is 0 Å². The van der Waals surface area contributed by atoms with Crippen LogP contribution < -0.4 is 10.1 Å². The maximum atomic E-state index is 12.0. The molecular weight excluding hydrogens is 276 g/mol. The zero-order valence-corrected chi connectivity index (χ0v) is 11.6. The normalized spacial score (nSPS) is 13.5. The SMILES string of the molecule is CNC(CCS(C)(=O)=O)c1ccc(OC(F)F)cc1. The molecule has 1 rings (SSSR count). The van der Waals surface area contributed by atoms with Gasteiger partial charge in [0.15, 0.2) is 0 Å². The van der Waals surface area contributed by atoms with Crippen molar-refractivity contribution in [1.29, 1.82) is 0 Å². The third kappa shape index (κ3) is 5.98. The fourth-order valence-corrected chi connectivity index (χ4v) is 2.36. The zero-order valence-electron chi connectivity index (χ0n) is 10.8. The first kappa shape index (κ1) is 15.8. The Morgan fingerprint density at radius 2 is 1.84 bits per heavy atom. The van der Waals surface area contributed by atoms with E-state index in [0.29, 0.717) is 6.42 Å². The molecule has 19 heavy (non-hydrogen) atoms. The molecule has 0 aliphatic rings. The number of alkyl halides is 2. The second kappa shape index (κ2) is 6.81. The quantitative estimate of drug-likeness (QED) is 0.835. The lowest BCUT2D eigenvalue weighted by Crippen LogP contribution is -2.19. The van der Waals surface area contributed by atoms with Gasteiger partial charge in [-0.25, -0.2) is 8.42 Å². The van der Waals surface area contributed by atoms with Crippen molar-refractivity contribution in [2.75, 3.05) is 19.1 Å². The van der Waals surface area contributed by atoms with E-state index in [2.05, 4.69) is 10.1 Å². The van der Waals surface area contributed by atoms with Crippen LogP contribution in [0.15, 0.2) is 24.3 Å². The fraction of sp³-hybridized carbons (Fsp3) is 0.500. The van der Waals surface area contributed by atoms with Gasteiger partial charge < -0.3 is 10.1 Å². The summed E-state index contributed by atoms with van der Waals surface area (Å²) < 4.78 is 50.5. The van der Waals surface area contributed by atoms with Crippen molar-refractivity contribution in [2.24, 2.45) is 0 Å². The zero-order chi connectivity index (χ0) is 14.5. The first-order chi connectivity index (χ1) is 8.81. The van der Waals surface area contributed by atoms with E-state index in [9.17, 15) is 17.2 Å². The molecule has 1 aromatic rings. The van der Waals surface area contributed by atoms with Gasteiger partial charge in [-0.2, -0.15) is 8.78 Å². The Labute approximate surface area is 111 Å². The van der Waals surface area contributed by atoms with Gasteiger partial charge in [-0.1, -0.05) is 12.1 Å². The number of halogens is 2. The van der Waals surface area contributed by atoms with Gasteiger partial charge in [0, 0.05) is 12.3 Å². The smallest absolute Gasteiger partial charge is 0.387 e. The van der Waals surface area contributed by atoms with Crippen molar-refractivity contribution in [1.82, 2.24) is 5.32 Å². The van der Waals surface area contributed by atoms with Crippen LogP contribution in [0.5, 0.6) is 5.75 Å². The van der Waals surface area contributed by atoms with Crippen LogP contribution in [0, 0.1) is 0 Å². The Morgan fingerprint density at radius 3 is 2.26 bits per heavy atom. The van der Waals surface area contributed by atoms with E-state index in [1.807, 2.05) is 0 Å². The Balaban J connectivity index is 2.71. The molecule has 1 aromatic carbocycles. The molecule has 0 amide bonds. The summed E-state index contributed by atoms with van der Waals surface area (Å²) in [4.78, 5) is 0. The molecule has 0 aliphatic heterocycles. The molecule has 0 fully saturated rings. The second-order valence-corrected chi connectivity index (χ2v) is 6.47. The van der Waals surface area contributed by atoms with Crippen molar-refractivity contribution >= 4 is 9.84 Å². The highest BCUT2D eigenvalue weighted by atomic mass is 32.2. The lowest BCUT2D eigenvalue weighted by Gasteiger charge is -2.16. The maximum absolute atomic E-state index is 12.0. The van der Waals surface area contributed by atoms with Crippen molar-refractivity contribution < 1.29 is 21.9 Å². The minimum Gasteiger partial charge on any atom is -0.435 e. The van der Waals surface area contributed by atoms with Gasteiger partial charge in [0.25, 0.3) is 0 Å². The van der Waals surface area contributed by atoms with E-state index < -0.39 is 16.4 Å². The van der Waals surface area contributed by atoms with Crippen LogP contribution in [0.1, 0.15) is 18.0 Å². The topological polar surface area (TPSA) is 55.4 Å². The summed E-state index contributed by atoms with van der Waals surface area (Å²) in [6.45, 7) is -2.85. The third-order valence-corrected chi connectivity index (χ3v) is 3.61. The largest absolute Gasteiger partial charge is 0.435 e. The summed E-state index contributed by atoms with van der Waals surface area (Å²) in [5.41, 5.74) is 0.827. The molecule has 0 radical (unpaired) electrons. The highest BCUT2D eigenvalue weighted by Gasteiger charge is 2.13. The molecule has 1 unspecified atom stereocenters. The molecule has 0 aromatic heterocycles. The van der Waals surface area contributed by atoms with Crippen LogP contribution in [0.4, 0.5) is 8.78 Å². The predicted molar refractivity (Wildman–Crippen MR) is 69.2 cm³/mol. The number of hydrogen-bond donors (Lipinski definition) is 1. The Bertz CT molecular complexity index is 488. The van der Waals surface area contributed by atoms with Gasteiger partial charge in [0.1, 0.15) is 15.6 Å². The molecule has 0 saturated carbocycles. The summed E-state index contributed by atoms with van der Waals surface area (Å²) >= 11 is 0. The molecule has 0 spiro atoms. The van der Waals surface area contributed by atoms with Gasteiger partial charge in [0.2, 0.25) is 0 Å². The van der Waals surface area contributed by atoms with Crippen molar-refractivity contribution in [3.8, 4) is 5.75 Å². The van der Waals surface area contributed by atoms with E-state index in [-0.39, 0.29) is 17.5 Å². The predicted octanol–water partition coefficient (Wildman–Crippen LogP) is 1.98. The number of ether oxygens (including phenoxy) is 1. The van der Waals surface area contributed by atoms with Gasteiger partial charge in [-0.05, 0) is 31.2 Å². The average molecular weight is 293 g/mol. The fourth-order valence-electron chi connectivity index (χ4n) is 1.69. The molecule has 0 bridgehead atoms. The summed E-state index contributed by atoms with van der Waals surface area (Å²) in [7, 11) is -1.31. The maximum Gasteiger partial charge on any atom is 0.387 e. The lowest BCUT2D eigenvalue weighted by atomic mass is 10.0. The average Bonchev–Trinajstić information content (AvgIpc) is 2.29. The van der Waals surface area contributed by atoms with Crippen LogP contribution in [0.2, 0.25) is 0 Å². The minimum atomic E-state index is -3.03. The Morgan fingerprint density at radius 1 is 1.26 bits per heavy atom. The summed E-state index contributed by atoms with van der Waals surface area (Å²) in [5, 5.41) is 3.00. The molecule has 0 saturated heterocycles. The highest BCUT2D eigenvalue weighted by molar-refractivity contribution is 7.90. The van der Waals surface area contributed by atoms with E-state index in [1.54, 1.807) is 19.2 Å². The number of nitrogens with one attached hydrogen (secondary N) is 1. The van der Waals surface area contributed by atoms with Crippen LogP contribution in [0.25, 0.3) is 0 Å². The molecular formula is C12H17F2NO3S. The molecule has 108 valence electrons. The van der Waals surface area contributed by atoms with Gasteiger partial charge in [0.05, 0.1) is 5.75 Å². The van der Waals surface area contributed by atoms with Crippen molar-refractivity contribution in [3.05, 3.63) is 29.8 Å². The van der Waals surface area contributed by atoms with E-state index in [1.165, 1.54) is 18.4 Å². The molecule has 1 N–H and O–H groups in total. The van der Waals surface area contributed by atoms with Crippen LogP contribution in [0.3, 0.4) is 0 Å². The van der Waals surface area contributed by atoms with Crippen LogP contribution in [-0.4, -0.2) is 34.1 Å². The van der Waals surface area contributed by atoms with Crippen molar-refractivity contribution in [2.45, 2.75) is 19.1 Å². The first-order valence-electron chi connectivity index (χ1n) is 5.71. The van der Waals surface area contributed by atoms with E-state index in [4.69, 9.17) is 0 Å². The first-order valence-corrected chi connectivity index (χ1v) is 7.77. The van der Waals surface area contributed by atoms with Crippen LogP contribution in [-0.2, 0) is 9.84 Å². The number of hydrogen-bond acceptors (Lipinski definition) is 4. The third-order valence-electron chi connectivity index (χ3n) is 2.63. The number of rotatable bonds is 7. The van der Waals surface area contributed by atoms with Crippen molar-refractivity contribution in [3.63, 3.8) is 0 Å². The van der Waals surface area contributed by atoms with Gasteiger partial charge in [-0.15, -0.1) is 0 Å². The minimum absolute atomic E-state index is 0.0633. The number of benzene rings is 1. The van der Waals surface area contributed by atoms with Gasteiger partial charge >= 0.3 is 6.61 Å². The highest BCUT2D eigenvalue weighted by Crippen LogP contribution is 2.21. The standard InChI is InChI=1S/C12H17F2NO3S/c1-15-11(7-8-19(2,16)17)9-3-5-10(6-4-9)18-12(13)14/h3-6,11-12,15H,7-8H2,1-2H3. The Hall–Kier alpha value is -1.21. The van der Waals surface area contributed by atoms with E-state index in [0.717, 1.165) is 5.56 Å². The molecule has 0 heterocycles. The van der Waals surface area contributed by atoms with Crippen LogP contribution >= 0.6 is 0 Å². The summed E-state index contributed by atoms with van der Waals surface area (Å²) in [6.07, 6.45) is 1.60. The molecule has 1 atom stereocenters. The molecule has 0 aliphatic carbocycles. The summed E-state index contributed by atoms with van der Waals surface area (Å²) in [5.74, 6) is 0.144. The second-order valence-electron chi connectivity index (χ2n) is 4.21. The molecule has 4 nitrogen and oxygen atoms in total. The number of sulfone groups is 1. The molecule has 7 heteroatoms. The van der Waals surface area contributed by atoms with E-state index >= 15 is 0 Å². The lowest BCUT2D eigenvalue weighted by molar-refractivity contribution is -0.0498.